The minimum Gasteiger partial charge on any atom is -0.361 e. The second-order valence-electron chi connectivity index (χ2n) is 6.85. The number of halogens is 1. The van der Waals surface area contributed by atoms with Crippen LogP contribution in [0.25, 0.3) is 10.9 Å². The van der Waals surface area contributed by atoms with E-state index in [0.717, 1.165) is 34.9 Å². The van der Waals surface area contributed by atoms with Crippen molar-refractivity contribution >= 4 is 26.7 Å². The summed E-state index contributed by atoms with van der Waals surface area (Å²) in [5, 5.41) is 7.39. The third-order valence-electron chi connectivity index (χ3n) is 4.70. The van der Waals surface area contributed by atoms with Crippen LogP contribution in [0, 0.1) is 5.82 Å². The number of aromatic nitrogens is 1. The van der Waals surface area contributed by atoms with Gasteiger partial charge in [-0.1, -0.05) is 12.1 Å². The molecule has 0 atom stereocenters. The predicted octanol–water partition coefficient (Wildman–Crippen LogP) is 2.66. The van der Waals surface area contributed by atoms with Crippen molar-refractivity contribution in [3.05, 3.63) is 65.6 Å². The van der Waals surface area contributed by atoms with Crippen molar-refractivity contribution in [3.63, 3.8) is 0 Å². The Morgan fingerprint density at radius 2 is 1.76 bits per heavy atom. The highest BCUT2D eigenvalue weighted by molar-refractivity contribution is 7.90. The molecule has 3 aromatic rings. The van der Waals surface area contributed by atoms with Crippen molar-refractivity contribution in [2.75, 3.05) is 26.4 Å². The number of aliphatic imine (C=N–C) groups is 1. The second-order valence-corrected chi connectivity index (χ2v) is 8.86. The predicted molar refractivity (Wildman–Crippen MR) is 115 cm³/mol. The molecule has 3 rings (SSSR count). The highest BCUT2D eigenvalue weighted by atomic mass is 32.2. The summed E-state index contributed by atoms with van der Waals surface area (Å²) in [7, 11) is -1.46. The molecule has 0 aliphatic rings. The van der Waals surface area contributed by atoms with Gasteiger partial charge in [-0.3, -0.25) is 4.99 Å². The Labute approximate surface area is 170 Å². The summed E-state index contributed by atoms with van der Waals surface area (Å²) < 4.78 is 36.5. The van der Waals surface area contributed by atoms with Gasteiger partial charge in [-0.15, -0.1) is 0 Å². The summed E-state index contributed by atoms with van der Waals surface area (Å²) in [4.78, 5) is 7.69. The monoisotopic (exact) mass is 416 g/mol. The van der Waals surface area contributed by atoms with Crippen LogP contribution in [0.3, 0.4) is 0 Å². The van der Waals surface area contributed by atoms with Crippen LogP contribution in [0.15, 0.2) is 58.5 Å². The number of rotatable bonds is 7. The fourth-order valence-corrected chi connectivity index (χ4v) is 3.75. The number of nitrogens with zero attached hydrogens (tertiary/aromatic N) is 1. The van der Waals surface area contributed by atoms with E-state index in [1.165, 1.54) is 12.3 Å². The van der Waals surface area contributed by atoms with E-state index in [9.17, 15) is 12.8 Å². The lowest BCUT2D eigenvalue weighted by Crippen LogP contribution is -2.39. The summed E-state index contributed by atoms with van der Waals surface area (Å²) in [6, 6.07) is 11.6. The zero-order chi connectivity index (χ0) is 20.9. The van der Waals surface area contributed by atoms with Crippen molar-refractivity contribution in [2.24, 2.45) is 4.99 Å². The molecule has 0 aliphatic heterocycles. The summed E-state index contributed by atoms with van der Waals surface area (Å²) >= 11 is 0. The Hall–Kier alpha value is -2.87. The Kier molecular flexibility index (Phi) is 6.53. The van der Waals surface area contributed by atoms with E-state index in [-0.39, 0.29) is 5.82 Å². The lowest BCUT2D eigenvalue weighted by molar-refractivity contribution is 0.602. The molecule has 0 radical (unpaired) electrons. The summed E-state index contributed by atoms with van der Waals surface area (Å²) in [6.07, 6.45) is 4.58. The Morgan fingerprint density at radius 3 is 2.41 bits per heavy atom. The first-order valence-corrected chi connectivity index (χ1v) is 11.2. The maximum absolute atomic E-state index is 13.5. The Morgan fingerprint density at radius 1 is 1.07 bits per heavy atom. The Balaban J connectivity index is 1.46. The van der Waals surface area contributed by atoms with Gasteiger partial charge < -0.3 is 15.6 Å². The number of nitrogens with one attached hydrogen (secondary N) is 3. The van der Waals surface area contributed by atoms with Crippen LogP contribution in [0.1, 0.15) is 11.1 Å². The molecule has 8 heteroatoms. The molecule has 3 N–H and O–H groups in total. The third-order valence-corrected chi connectivity index (χ3v) is 5.83. The van der Waals surface area contributed by atoms with Gasteiger partial charge in [0.05, 0.1) is 4.90 Å². The van der Waals surface area contributed by atoms with Gasteiger partial charge in [0.25, 0.3) is 0 Å². The normalized spacial score (nSPS) is 12.3. The third kappa shape index (κ3) is 5.57. The molecule has 0 saturated carbocycles. The molecule has 0 bridgehead atoms. The van der Waals surface area contributed by atoms with Crippen LogP contribution in [-0.4, -0.2) is 45.8 Å². The van der Waals surface area contributed by atoms with Crippen molar-refractivity contribution in [3.8, 4) is 0 Å². The van der Waals surface area contributed by atoms with Crippen molar-refractivity contribution < 1.29 is 12.8 Å². The zero-order valence-corrected chi connectivity index (χ0v) is 17.3. The molecule has 0 aliphatic carbocycles. The van der Waals surface area contributed by atoms with Gasteiger partial charge in [-0.2, -0.15) is 0 Å². The number of hydrogen-bond acceptors (Lipinski definition) is 3. The van der Waals surface area contributed by atoms with Crippen LogP contribution in [0.5, 0.6) is 0 Å². The van der Waals surface area contributed by atoms with Gasteiger partial charge in [0.2, 0.25) is 0 Å². The maximum Gasteiger partial charge on any atom is 0.190 e. The first kappa shape index (κ1) is 20.9. The fraction of sp³-hybridized carbons (Fsp3) is 0.286. The molecular weight excluding hydrogens is 391 g/mol. The number of benzene rings is 2. The molecule has 0 amide bonds. The molecule has 2 aromatic carbocycles. The van der Waals surface area contributed by atoms with Crippen LogP contribution < -0.4 is 10.6 Å². The van der Waals surface area contributed by atoms with Gasteiger partial charge in [-0.05, 0) is 54.3 Å². The largest absolute Gasteiger partial charge is 0.361 e. The average Bonchev–Trinajstić information content (AvgIpc) is 3.08. The van der Waals surface area contributed by atoms with Crippen LogP contribution in [0.2, 0.25) is 0 Å². The van der Waals surface area contributed by atoms with Crippen molar-refractivity contribution in [1.82, 2.24) is 15.6 Å². The average molecular weight is 417 g/mol. The molecule has 0 saturated heterocycles. The first-order chi connectivity index (χ1) is 13.9. The fourth-order valence-electron chi connectivity index (χ4n) is 3.12. The van der Waals surface area contributed by atoms with Gasteiger partial charge in [-0.25, -0.2) is 12.8 Å². The minimum absolute atomic E-state index is 0.242. The van der Waals surface area contributed by atoms with E-state index in [1.807, 2.05) is 18.3 Å². The van der Waals surface area contributed by atoms with Crippen LogP contribution in [-0.2, 0) is 22.7 Å². The number of guanidine groups is 1. The van der Waals surface area contributed by atoms with E-state index in [1.54, 1.807) is 31.3 Å². The molecule has 0 fully saturated rings. The summed E-state index contributed by atoms with van der Waals surface area (Å²) in [5.41, 5.74) is 3.01. The molecular formula is C21H25FN4O2S. The molecule has 0 spiro atoms. The number of sulfone groups is 1. The highest BCUT2D eigenvalue weighted by Gasteiger charge is 2.07. The second kappa shape index (κ2) is 9.09. The van der Waals surface area contributed by atoms with Crippen LogP contribution in [0.4, 0.5) is 4.39 Å². The maximum atomic E-state index is 13.5. The van der Waals surface area contributed by atoms with Gasteiger partial charge in [0, 0.05) is 43.5 Å². The number of hydrogen-bond donors (Lipinski definition) is 3. The van der Waals surface area contributed by atoms with E-state index < -0.39 is 9.84 Å². The lowest BCUT2D eigenvalue weighted by Gasteiger charge is -2.12. The standard InChI is InChI=1S/C21H25FN4O2S/c1-23-21(24-11-9-15-3-6-18(7-4-15)29(2,27)28)25-12-10-16-14-26-20-8-5-17(22)13-19(16)20/h3-8,13-14,26H,9-12H2,1-2H3,(H2,23,24,25). The molecule has 154 valence electrons. The van der Waals surface area contributed by atoms with E-state index in [0.29, 0.717) is 23.9 Å². The molecule has 1 aromatic heterocycles. The highest BCUT2D eigenvalue weighted by Crippen LogP contribution is 2.19. The smallest absolute Gasteiger partial charge is 0.190 e. The first-order valence-electron chi connectivity index (χ1n) is 9.36. The van der Waals surface area contributed by atoms with Gasteiger partial charge in [0.15, 0.2) is 15.8 Å². The van der Waals surface area contributed by atoms with Gasteiger partial charge >= 0.3 is 0 Å². The van der Waals surface area contributed by atoms with E-state index >= 15 is 0 Å². The lowest BCUT2D eigenvalue weighted by atomic mass is 10.1. The van der Waals surface area contributed by atoms with Crippen molar-refractivity contribution in [2.45, 2.75) is 17.7 Å². The van der Waals surface area contributed by atoms with Gasteiger partial charge in [0.1, 0.15) is 5.82 Å². The Bertz CT molecular complexity index is 1110. The number of aromatic amines is 1. The molecule has 6 nitrogen and oxygen atoms in total. The summed E-state index contributed by atoms with van der Waals surface area (Å²) in [5.74, 6) is 0.442. The van der Waals surface area contributed by atoms with E-state index in [4.69, 9.17) is 0 Å². The number of fused-ring (bicyclic) bond motifs is 1. The quantitative estimate of drug-likeness (QED) is 0.408. The molecule has 0 unspecified atom stereocenters. The summed E-state index contributed by atoms with van der Waals surface area (Å²) in [6.45, 7) is 1.32. The SMILES string of the molecule is CN=C(NCCc1ccc(S(C)(=O)=O)cc1)NCCc1c[nH]c2ccc(F)cc12. The van der Waals surface area contributed by atoms with E-state index in [2.05, 4.69) is 20.6 Å². The van der Waals surface area contributed by atoms with Crippen molar-refractivity contribution in [1.29, 1.82) is 0 Å². The number of H-pyrrole nitrogens is 1. The zero-order valence-electron chi connectivity index (χ0n) is 16.5. The topological polar surface area (TPSA) is 86.3 Å². The molecule has 29 heavy (non-hydrogen) atoms. The van der Waals surface area contributed by atoms with Crippen LogP contribution >= 0.6 is 0 Å². The minimum atomic E-state index is -3.17. The molecule has 1 heterocycles.